The molecule has 1 fully saturated rings. The molecule has 2 atom stereocenters. The summed E-state index contributed by atoms with van der Waals surface area (Å²) in [5, 5.41) is 6.98. The summed E-state index contributed by atoms with van der Waals surface area (Å²) < 4.78 is 30.1. The van der Waals surface area contributed by atoms with Crippen molar-refractivity contribution in [2.24, 2.45) is 11.0 Å². The van der Waals surface area contributed by atoms with Crippen molar-refractivity contribution in [2.45, 2.75) is 18.6 Å². The van der Waals surface area contributed by atoms with Gasteiger partial charge in [0.1, 0.15) is 12.4 Å². The summed E-state index contributed by atoms with van der Waals surface area (Å²) in [6, 6.07) is 5.75. The number of hydrogen-bond acceptors (Lipinski definition) is 7. The number of nitrogens with one attached hydrogen (secondary N) is 2. The van der Waals surface area contributed by atoms with Gasteiger partial charge in [0.2, 0.25) is 0 Å². The average molecular weight is 431 g/mol. The topological polar surface area (TPSA) is 100 Å². The number of rotatable bonds is 7. The minimum absolute atomic E-state index is 0.0964. The van der Waals surface area contributed by atoms with Crippen LogP contribution in [0.2, 0.25) is 0 Å². The number of carbonyl (C=O) groups is 1. The van der Waals surface area contributed by atoms with Crippen LogP contribution in [0.3, 0.4) is 0 Å². The molecule has 8 nitrogen and oxygen atoms in total. The van der Waals surface area contributed by atoms with E-state index in [0.717, 1.165) is 23.5 Å². The highest BCUT2D eigenvalue weighted by molar-refractivity contribution is 7.92. The lowest BCUT2D eigenvalue weighted by molar-refractivity contribution is -0.116. The molecule has 0 aromatic heterocycles. The molecule has 30 heavy (non-hydrogen) atoms. The van der Waals surface area contributed by atoms with E-state index in [0.29, 0.717) is 30.0 Å². The largest absolute Gasteiger partial charge is 0.492 e. The van der Waals surface area contributed by atoms with E-state index in [9.17, 15) is 13.2 Å². The van der Waals surface area contributed by atoms with Gasteiger partial charge in [-0.2, -0.15) is 5.10 Å². The van der Waals surface area contributed by atoms with E-state index in [1.54, 1.807) is 6.92 Å². The van der Waals surface area contributed by atoms with Crippen LogP contribution in [-0.4, -0.2) is 63.2 Å². The van der Waals surface area contributed by atoms with Gasteiger partial charge in [-0.1, -0.05) is 13.0 Å². The van der Waals surface area contributed by atoms with Crippen molar-refractivity contribution in [3.8, 4) is 5.75 Å². The molecule has 1 aromatic carbocycles. The highest BCUT2D eigenvalue weighted by atomic mass is 32.2. The first-order chi connectivity index (χ1) is 14.3. The van der Waals surface area contributed by atoms with Crippen LogP contribution in [-0.2, 0) is 14.6 Å². The molecule has 1 aliphatic carbocycles. The summed E-state index contributed by atoms with van der Waals surface area (Å²) in [7, 11) is 0.845. The standard InChI is InChI=1S/C21H26N4O4S/c1-4-30(27,28)18-12-15(18)20-19(21(26)24-23-20)17-7-5-13-11-14(6-8-16(13)22-17)29-10-9-25(2)3/h5-8,11,15,18,22H,4,9-10,12H2,1-3H3,(H,24,26)/b19-17-. The Labute approximate surface area is 176 Å². The maximum atomic E-state index is 12.5. The third kappa shape index (κ3) is 3.99. The Hall–Kier alpha value is -2.65. The summed E-state index contributed by atoms with van der Waals surface area (Å²) in [5.74, 6) is 0.327. The van der Waals surface area contributed by atoms with Gasteiger partial charge in [-0.15, -0.1) is 0 Å². The molecule has 1 amide bonds. The number of sulfone groups is 1. The summed E-state index contributed by atoms with van der Waals surface area (Å²) >= 11 is 0. The Kier molecular flexibility index (Phi) is 5.42. The molecular formula is C21H26N4O4S. The summed E-state index contributed by atoms with van der Waals surface area (Å²) in [5.41, 5.74) is 5.87. The fraction of sp³-hybridized carbons (Fsp3) is 0.429. The number of anilines is 1. The predicted octanol–water partition coefficient (Wildman–Crippen LogP) is 1.63. The van der Waals surface area contributed by atoms with E-state index in [2.05, 4.69) is 20.7 Å². The molecule has 2 unspecified atom stereocenters. The number of amides is 1. The van der Waals surface area contributed by atoms with Crippen molar-refractivity contribution in [3.05, 3.63) is 41.1 Å². The van der Waals surface area contributed by atoms with Crippen molar-refractivity contribution in [1.29, 1.82) is 0 Å². The van der Waals surface area contributed by atoms with Crippen LogP contribution in [0, 0.1) is 5.92 Å². The Morgan fingerprint density at radius 2 is 2.07 bits per heavy atom. The van der Waals surface area contributed by atoms with E-state index < -0.39 is 15.1 Å². The molecule has 2 aliphatic heterocycles. The number of allylic oxidation sites excluding steroid dienone is 1. The van der Waals surface area contributed by atoms with Crippen molar-refractivity contribution in [3.63, 3.8) is 0 Å². The highest BCUT2D eigenvalue weighted by Gasteiger charge is 2.52. The monoisotopic (exact) mass is 430 g/mol. The number of nitrogens with zero attached hydrogens (tertiary/aromatic N) is 2. The summed E-state index contributed by atoms with van der Waals surface area (Å²) in [6.45, 7) is 3.07. The molecule has 2 N–H and O–H groups in total. The molecule has 160 valence electrons. The lowest BCUT2D eigenvalue weighted by atomic mass is 10.0. The molecular weight excluding hydrogens is 404 g/mol. The van der Waals surface area contributed by atoms with Crippen molar-refractivity contribution in [1.82, 2.24) is 10.3 Å². The van der Waals surface area contributed by atoms with Gasteiger partial charge in [-0.3, -0.25) is 4.79 Å². The van der Waals surface area contributed by atoms with Crippen LogP contribution < -0.4 is 15.5 Å². The van der Waals surface area contributed by atoms with Crippen molar-refractivity contribution < 1.29 is 17.9 Å². The van der Waals surface area contributed by atoms with Crippen molar-refractivity contribution >= 4 is 33.2 Å². The Balaban J connectivity index is 1.54. The first-order valence-corrected chi connectivity index (χ1v) is 11.7. The Bertz CT molecular complexity index is 1070. The molecule has 3 aliphatic rings. The van der Waals surface area contributed by atoms with Gasteiger partial charge in [0.15, 0.2) is 9.84 Å². The van der Waals surface area contributed by atoms with E-state index in [1.165, 1.54) is 0 Å². The molecule has 9 heteroatoms. The van der Waals surface area contributed by atoms with E-state index >= 15 is 0 Å². The number of fused-ring (bicyclic) bond motifs is 1. The summed E-state index contributed by atoms with van der Waals surface area (Å²) in [4.78, 5) is 14.5. The van der Waals surface area contributed by atoms with E-state index in [4.69, 9.17) is 4.74 Å². The van der Waals surface area contributed by atoms with Crippen LogP contribution in [0.15, 0.2) is 40.6 Å². The van der Waals surface area contributed by atoms with E-state index in [1.807, 2.05) is 44.4 Å². The number of ether oxygens (including phenoxy) is 1. The maximum Gasteiger partial charge on any atom is 0.275 e. The number of benzene rings is 1. The fourth-order valence-electron chi connectivity index (χ4n) is 3.67. The SMILES string of the molecule is CCS(=O)(=O)C1CC1C1=NNC(=O)/C1=C1/C=Cc2cc(OCCN(C)C)ccc2N1. The molecule has 1 saturated carbocycles. The minimum Gasteiger partial charge on any atom is -0.492 e. The quantitative estimate of drug-likeness (QED) is 0.638. The van der Waals surface area contributed by atoms with Gasteiger partial charge < -0.3 is 15.0 Å². The third-order valence-corrected chi connectivity index (χ3v) is 7.75. The molecule has 1 aromatic rings. The van der Waals surface area contributed by atoms with E-state index in [-0.39, 0.29) is 17.6 Å². The van der Waals surface area contributed by atoms with Gasteiger partial charge in [0, 0.05) is 29.5 Å². The van der Waals surface area contributed by atoms with Crippen LogP contribution in [0.5, 0.6) is 5.75 Å². The highest BCUT2D eigenvalue weighted by Crippen LogP contribution is 2.42. The number of hydrazone groups is 1. The second-order valence-electron chi connectivity index (χ2n) is 7.92. The number of carbonyl (C=O) groups excluding carboxylic acids is 1. The first-order valence-electron chi connectivity index (χ1n) is 10.0. The Morgan fingerprint density at radius 3 is 2.80 bits per heavy atom. The van der Waals surface area contributed by atoms with Gasteiger partial charge in [-0.05, 0) is 44.8 Å². The number of hydrogen-bond donors (Lipinski definition) is 2. The second-order valence-corrected chi connectivity index (χ2v) is 10.4. The lowest BCUT2D eigenvalue weighted by Gasteiger charge is -2.19. The smallest absolute Gasteiger partial charge is 0.275 e. The third-order valence-electron chi connectivity index (χ3n) is 5.51. The minimum atomic E-state index is -3.15. The van der Waals surface area contributed by atoms with Gasteiger partial charge in [-0.25, -0.2) is 13.8 Å². The predicted molar refractivity (Wildman–Crippen MR) is 117 cm³/mol. The maximum absolute atomic E-state index is 12.5. The molecule has 0 radical (unpaired) electrons. The zero-order chi connectivity index (χ0) is 21.5. The van der Waals surface area contributed by atoms with Gasteiger partial charge in [0.05, 0.1) is 22.2 Å². The fourth-order valence-corrected chi connectivity index (χ4v) is 5.23. The zero-order valence-electron chi connectivity index (χ0n) is 17.3. The lowest BCUT2D eigenvalue weighted by Crippen LogP contribution is -2.21. The van der Waals surface area contributed by atoms with Crippen LogP contribution >= 0.6 is 0 Å². The van der Waals surface area contributed by atoms with Crippen LogP contribution in [0.25, 0.3) is 6.08 Å². The first kappa shape index (κ1) is 20.6. The summed E-state index contributed by atoms with van der Waals surface area (Å²) in [6.07, 6.45) is 4.26. The molecule has 4 rings (SSSR count). The van der Waals surface area contributed by atoms with Crippen LogP contribution in [0.1, 0.15) is 18.9 Å². The molecule has 0 spiro atoms. The normalized spacial score (nSPS) is 24.9. The second kappa shape index (κ2) is 7.88. The molecule has 0 saturated heterocycles. The molecule has 0 bridgehead atoms. The Morgan fingerprint density at radius 1 is 1.27 bits per heavy atom. The van der Waals surface area contributed by atoms with Gasteiger partial charge in [0.25, 0.3) is 5.91 Å². The average Bonchev–Trinajstić information content (AvgIpc) is 3.44. The van der Waals surface area contributed by atoms with Crippen LogP contribution in [0.4, 0.5) is 5.69 Å². The number of likely N-dealkylation sites (N-methyl/N-ethyl adjacent to an activating group) is 1. The van der Waals surface area contributed by atoms with Gasteiger partial charge >= 0.3 is 0 Å². The zero-order valence-corrected chi connectivity index (χ0v) is 18.1. The van der Waals surface area contributed by atoms with Crippen molar-refractivity contribution in [2.75, 3.05) is 38.3 Å². The molecule has 2 heterocycles.